The molecule has 0 unspecified atom stereocenters. The molecule has 0 atom stereocenters. The number of anilines is 1. The number of nitrogens with two attached hydrogens (primary N) is 1. The number of hydrogen-bond donors (Lipinski definition) is 2. The average Bonchev–Trinajstić information content (AvgIpc) is 1.80. The third-order valence-corrected chi connectivity index (χ3v) is 1.09. The lowest BCUT2D eigenvalue weighted by atomic mass is 10.5. The highest BCUT2D eigenvalue weighted by atomic mass is 32.1. The van der Waals surface area contributed by atoms with E-state index in [1.807, 2.05) is 0 Å². The van der Waals surface area contributed by atoms with Gasteiger partial charge in [0.2, 0.25) is 4.77 Å². The second-order valence-corrected chi connectivity index (χ2v) is 2.00. The minimum Gasteiger partial charge on any atom is -0.382 e. The van der Waals surface area contributed by atoms with Gasteiger partial charge in [-0.25, -0.2) is 4.98 Å². The van der Waals surface area contributed by atoms with Crippen molar-refractivity contribution < 1.29 is 0 Å². The molecule has 9 heavy (non-hydrogen) atoms. The molecule has 1 rings (SSSR count). The summed E-state index contributed by atoms with van der Waals surface area (Å²) in [7, 11) is 0. The van der Waals surface area contributed by atoms with Crippen LogP contribution >= 0.6 is 12.2 Å². The molecule has 0 radical (unpaired) electrons. The Morgan fingerprint density at radius 1 is 1.67 bits per heavy atom. The van der Waals surface area contributed by atoms with Gasteiger partial charge in [0.15, 0.2) is 0 Å². The molecule has 0 bridgehead atoms. The Hall–Kier alpha value is -0.970. The monoisotopic (exact) mass is 142 g/mol. The van der Waals surface area contributed by atoms with Crippen molar-refractivity contribution in [3.8, 4) is 0 Å². The summed E-state index contributed by atoms with van der Waals surface area (Å²) in [6, 6.07) is 0. The maximum absolute atomic E-state index is 5.36. The van der Waals surface area contributed by atoms with Gasteiger partial charge in [0.1, 0.15) is 5.82 Å². The first-order valence-electron chi connectivity index (χ1n) is 2.39. The standard InChI is InChI=1S/C4H6N4S/c1-2-3(5)6-4(9)8-7-2/h1H3,(H3,5,6,8,9). The second-order valence-electron chi connectivity index (χ2n) is 1.61. The van der Waals surface area contributed by atoms with Crippen LogP contribution in [-0.4, -0.2) is 15.2 Å². The molecule has 0 amide bonds. The van der Waals surface area contributed by atoms with Crippen LogP contribution in [0.15, 0.2) is 0 Å². The van der Waals surface area contributed by atoms with Gasteiger partial charge in [0.05, 0.1) is 5.69 Å². The van der Waals surface area contributed by atoms with E-state index in [2.05, 4.69) is 27.4 Å². The number of nitrogens with zero attached hydrogens (tertiary/aromatic N) is 2. The Balaban J connectivity index is 3.34. The molecule has 0 aliphatic heterocycles. The smallest absolute Gasteiger partial charge is 0.215 e. The zero-order valence-electron chi connectivity index (χ0n) is 4.88. The van der Waals surface area contributed by atoms with E-state index < -0.39 is 0 Å². The van der Waals surface area contributed by atoms with Crippen LogP contribution in [0.25, 0.3) is 0 Å². The molecule has 1 aromatic rings. The first-order chi connectivity index (χ1) is 4.20. The van der Waals surface area contributed by atoms with E-state index >= 15 is 0 Å². The van der Waals surface area contributed by atoms with Gasteiger partial charge in [-0.1, -0.05) is 0 Å². The van der Waals surface area contributed by atoms with Crippen LogP contribution in [0.1, 0.15) is 5.69 Å². The minimum atomic E-state index is 0.318. The SMILES string of the molecule is Cc1n[nH]c(=S)nc1N. The third kappa shape index (κ3) is 1.23. The lowest BCUT2D eigenvalue weighted by Gasteiger charge is -1.92. The number of nitrogens with one attached hydrogen (secondary N) is 1. The van der Waals surface area contributed by atoms with Gasteiger partial charge in [-0.05, 0) is 19.1 Å². The first kappa shape index (κ1) is 6.15. The molecule has 1 aromatic heterocycles. The van der Waals surface area contributed by atoms with Crippen LogP contribution < -0.4 is 5.73 Å². The summed E-state index contributed by atoms with van der Waals surface area (Å²) >= 11 is 4.65. The highest BCUT2D eigenvalue weighted by Gasteiger charge is 1.91. The van der Waals surface area contributed by atoms with E-state index in [1.165, 1.54) is 0 Å². The van der Waals surface area contributed by atoms with Crippen molar-refractivity contribution >= 4 is 18.0 Å². The van der Waals surface area contributed by atoms with Crippen LogP contribution in [0.3, 0.4) is 0 Å². The summed E-state index contributed by atoms with van der Waals surface area (Å²) in [6.07, 6.45) is 0. The van der Waals surface area contributed by atoms with Gasteiger partial charge in [-0.15, -0.1) is 0 Å². The fraction of sp³-hybridized carbons (Fsp3) is 0.250. The van der Waals surface area contributed by atoms with Gasteiger partial charge in [0, 0.05) is 0 Å². The number of H-pyrrole nitrogens is 1. The molecule has 0 saturated heterocycles. The largest absolute Gasteiger partial charge is 0.382 e. The number of aryl methyl sites for hydroxylation is 1. The Kier molecular flexibility index (Phi) is 1.44. The van der Waals surface area contributed by atoms with E-state index in [-0.39, 0.29) is 0 Å². The minimum absolute atomic E-state index is 0.318. The summed E-state index contributed by atoms with van der Waals surface area (Å²) < 4.78 is 0.318. The van der Waals surface area contributed by atoms with Gasteiger partial charge >= 0.3 is 0 Å². The van der Waals surface area contributed by atoms with E-state index in [4.69, 9.17) is 5.73 Å². The lowest BCUT2D eigenvalue weighted by molar-refractivity contribution is 0.917. The molecule has 48 valence electrons. The highest BCUT2D eigenvalue weighted by molar-refractivity contribution is 7.71. The lowest BCUT2D eigenvalue weighted by Crippen LogP contribution is -1.98. The molecule has 4 nitrogen and oxygen atoms in total. The number of rotatable bonds is 0. The molecule has 0 saturated carbocycles. The number of nitrogen functional groups attached to an aromatic ring is 1. The van der Waals surface area contributed by atoms with Gasteiger partial charge in [-0.2, -0.15) is 5.10 Å². The average molecular weight is 142 g/mol. The topological polar surface area (TPSA) is 67.6 Å². The molecule has 0 aliphatic rings. The van der Waals surface area contributed by atoms with E-state index in [1.54, 1.807) is 6.92 Å². The Morgan fingerprint density at radius 3 is 2.78 bits per heavy atom. The third-order valence-electron chi connectivity index (χ3n) is 0.912. The quantitative estimate of drug-likeness (QED) is 0.515. The molecule has 0 spiro atoms. The van der Waals surface area contributed by atoms with Crippen molar-refractivity contribution in [3.63, 3.8) is 0 Å². The van der Waals surface area contributed by atoms with Crippen LogP contribution in [0.4, 0.5) is 5.82 Å². The molecule has 0 aromatic carbocycles. The van der Waals surface area contributed by atoms with Crippen molar-refractivity contribution in [1.29, 1.82) is 0 Å². The maximum Gasteiger partial charge on any atom is 0.215 e. The van der Waals surface area contributed by atoms with Crippen molar-refractivity contribution in [1.82, 2.24) is 15.2 Å². The summed E-state index contributed by atoms with van der Waals surface area (Å²) in [6.45, 7) is 1.76. The molecule has 0 fully saturated rings. The number of hydrogen-bond acceptors (Lipinski definition) is 4. The fourth-order valence-corrected chi connectivity index (χ4v) is 0.548. The van der Waals surface area contributed by atoms with Crippen LogP contribution in [0.5, 0.6) is 0 Å². The van der Waals surface area contributed by atoms with Gasteiger partial charge in [-0.3, -0.25) is 5.10 Å². The summed E-state index contributed by atoms with van der Waals surface area (Å²) in [5.41, 5.74) is 6.03. The summed E-state index contributed by atoms with van der Waals surface area (Å²) in [5.74, 6) is 0.388. The molecular weight excluding hydrogens is 136 g/mol. The fourth-order valence-electron chi connectivity index (χ4n) is 0.404. The van der Waals surface area contributed by atoms with E-state index in [9.17, 15) is 0 Å². The Bertz CT molecular complexity index is 266. The number of aromatic amines is 1. The van der Waals surface area contributed by atoms with Crippen LogP contribution in [0, 0.1) is 11.7 Å². The normalized spacial score (nSPS) is 9.44. The van der Waals surface area contributed by atoms with E-state index in [0.717, 1.165) is 0 Å². The summed E-state index contributed by atoms with van der Waals surface area (Å²) in [5, 5.41) is 6.28. The maximum atomic E-state index is 5.36. The predicted octanol–water partition coefficient (Wildman–Crippen LogP) is 0.425. The Labute approximate surface area is 57.1 Å². The molecule has 3 N–H and O–H groups in total. The first-order valence-corrected chi connectivity index (χ1v) is 2.80. The molecular formula is C4H6N4S. The van der Waals surface area contributed by atoms with Gasteiger partial charge in [0.25, 0.3) is 0 Å². The van der Waals surface area contributed by atoms with E-state index in [0.29, 0.717) is 16.3 Å². The zero-order chi connectivity index (χ0) is 6.85. The van der Waals surface area contributed by atoms with Crippen molar-refractivity contribution in [3.05, 3.63) is 10.5 Å². The zero-order valence-corrected chi connectivity index (χ0v) is 5.70. The van der Waals surface area contributed by atoms with Crippen LogP contribution in [-0.2, 0) is 0 Å². The predicted molar refractivity (Wildman–Crippen MR) is 36.4 cm³/mol. The van der Waals surface area contributed by atoms with Crippen molar-refractivity contribution in [2.45, 2.75) is 6.92 Å². The second kappa shape index (κ2) is 2.10. The Morgan fingerprint density at radius 2 is 2.33 bits per heavy atom. The molecule has 1 heterocycles. The summed E-state index contributed by atoms with van der Waals surface area (Å²) in [4.78, 5) is 3.75. The van der Waals surface area contributed by atoms with Crippen molar-refractivity contribution in [2.75, 3.05) is 5.73 Å². The molecule has 5 heteroatoms. The van der Waals surface area contributed by atoms with Crippen molar-refractivity contribution in [2.24, 2.45) is 0 Å². The number of aromatic nitrogens is 3. The van der Waals surface area contributed by atoms with Crippen LogP contribution in [0.2, 0.25) is 0 Å². The van der Waals surface area contributed by atoms with Gasteiger partial charge < -0.3 is 5.73 Å². The highest BCUT2D eigenvalue weighted by Crippen LogP contribution is 1.97. The molecule has 0 aliphatic carbocycles.